The molecule has 0 saturated heterocycles. The Balaban J connectivity index is 2.54. The molecule has 1 aromatic carbocycles. The van der Waals surface area contributed by atoms with E-state index in [1.807, 2.05) is 23.9 Å². The molecule has 0 N–H and O–H groups in total. The van der Waals surface area contributed by atoms with Crippen molar-refractivity contribution in [1.29, 1.82) is 5.26 Å². The molecule has 2 rings (SSSR count). The van der Waals surface area contributed by atoms with E-state index >= 15 is 0 Å². The zero-order chi connectivity index (χ0) is 10.3. The SMILES string of the molecule is Cc1ccc2c(c1)N(C)C(C#N)N2C. The van der Waals surface area contributed by atoms with Gasteiger partial charge in [-0.2, -0.15) is 5.26 Å². The third kappa shape index (κ3) is 1.04. The summed E-state index contributed by atoms with van der Waals surface area (Å²) in [4.78, 5) is 4.00. The zero-order valence-electron chi connectivity index (χ0n) is 8.65. The molecular formula is C11H13N3. The number of hydrogen-bond acceptors (Lipinski definition) is 3. The van der Waals surface area contributed by atoms with Gasteiger partial charge in [0.25, 0.3) is 0 Å². The van der Waals surface area contributed by atoms with Crippen LogP contribution in [0, 0.1) is 18.3 Å². The predicted octanol–water partition coefficient (Wildman–Crippen LogP) is 1.73. The lowest BCUT2D eigenvalue weighted by Crippen LogP contribution is -2.37. The highest BCUT2D eigenvalue weighted by atomic mass is 15.4. The van der Waals surface area contributed by atoms with Gasteiger partial charge in [-0.1, -0.05) is 6.07 Å². The molecule has 0 bridgehead atoms. The standard InChI is InChI=1S/C11H13N3/c1-8-4-5-9-10(6-8)14(3)11(7-12)13(9)2/h4-6,11H,1-3H3. The average Bonchev–Trinajstić information content (AvgIpc) is 2.39. The minimum absolute atomic E-state index is 0.174. The minimum Gasteiger partial charge on any atom is -0.341 e. The first-order valence-electron chi connectivity index (χ1n) is 4.61. The van der Waals surface area contributed by atoms with E-state index in [0.717, 1.165) is 11.4 Å². The van der Waals surface area contributed by atoms with E-state index in [2.05, 4.69) is 31.2 Å². The molecule has 72 valence electrons. The van der Waals surface area contributed by atoms with Crippen LogP contribution in [0.3, 0.4) is 0 Å². The molecule has 1 unspecified atom stereocenters. The van der Waals surface area contributed by atoms with Crippen LogP contribution in [0.2, 0.25) is 0 Å². The fourth-order valence-corrected chi connectivity index (χ4v) is 1.91. The molecule has 0 fully saturated rings. The van der Waals surface area contributed by atoms with Gasteiger partial charge in [-0.25, -0.2) is 0 Å². The summed E-state index contributed by atoms with van der Waals surface area (Å²) in [5, 5.41) is 9.01. The first-order valence-corrected chi connectivity index (χ1v) is 4.61. The highest BCUT2D eigenvalue weighted by Gasteiger charge is 2.30. The predicted molar refractivity (Wildman–Crippen MR) is 57.4 cm³/mol. The second-order valence-corrected chi connectivity index (χ2v) is 3.72. The monoisotopic (exact) mass is 187 g/mol. The fraction of sp³-hybridized carbons (Fsp3) is 0.364. The van der Waals surface area contributed by atoms with Crippen LogP contribution in [0.25, 0.3) is 0 Å². The average molecular weight is 187 g/mol. The first kappa shape index (κ1) is 8.89. The summed E-state index contributed by atoms with van der Waals surface area (Å²) in [5.74, 6) is 0. The van der Waals surface area contributed by atoms with Gasteiger partial charge in [0.15, 0.2) is 6.17 Å². The van der Waals surface area contributed by atoms with Crippen LogP contribution >= 0.6 is 0 Å². The Bertz CT molecular complexity index is 405. The Labute approximate surface area is 84.2 Å². The maximum Gasteiger partial charge on any atom is 0.191 e. The topological polar surface area (TPSA) is 30.3 Å². The summed E-state index contributed by atoms with van der Waals surface area (Å²) in [5.41, 5.74) is 3.49. The van der Waals surface area contributed by atoms with Crippen molar-refractivity contribution in [2.24, 2.45) is 0 Å². The van der Waals surface area contributed by atoms with Crippen molar-refractivity contribution >= 4 is 11.4 Å². The molecule has 0 amide bonds. The van der Waals surface area contributed by atoms with Crippen molar-refractivity contribution in [1.82, 2.24) is 0 Å². The molecule has 0 aromatic heterocycles. The van der Waals surface area contributed by atoms with Crippen molar-refractivity contribution in [2.75, 3.05) is 23.9 Å². The van der Waals surface area contributed by atoms with Crippen LogP contribution in [0.15, 0.2) is 18.2 Å². The van der Waals surface area contributed by atoms with E-state index in [-0.39, 0.29) is 6.17 Å². The fourth-order valence-electron chi connectivity index (χ4n) is 1.91. The maximum atomic E-state index is 9.01. The number of hydrogen-bond donors (Lipinski definition) is 0. The van der Waals surface area contributed by atoms with Crippen LogP contribution in [0.1, 0.15) is 5.56 Å². The van der Waals surface area contributed by atoms with Gasteiger partial charge in [0.1, 0.15) is 6.07 Å². The molecule has 14 heavy (non-hydrogen) atoms. The molecule has 0 spiro atoms. The third-order valence-corrected chi connectivity index (χ3v) is 2.74. The summed E-state index contributed by atoms with van der Waals surface area (Å²) in [7, 11) is 3.90. The van der Waals surface area contributed by atoms with Crippen molar-refractivity contribution < 1.29 is 0 Å². The molecule has 1 atom stereocenters. The lowest BCUT2D eigenvalue weighted by atomic mass is 10.2. The van der Waals surface area contributed by atoms with E-state index in [1.54, 1.807) is 0 Å². The van der Waals surface area contributed by atoms with Crippen LogP contribution in [0.5, 0.6) is 0 Å². The van der Waals surface area contributed by atoms with E-state index in [9.17, 15) is 0 Å². The molecule has 1 heterocycles. The van der Waals surface area contributed by atoms with Gasteiger partial charge in [0.05, 0.1) is 11.4 Å². The molecule has 3 heteroatoms. The molecule has 1 aromatic rings. The summed E-state index contributed by atoms with van der Waals surface area (Å²) >= 11 is 0. The van der Waals surface area contributed by atoms with Gasteiger partial charge in [-0.15, -0.1) is 0 Å². The number of fused-ring (bicyclic) bond motifs is 1. The number of nitriles is 1. The van der Waals surface area contributed by atoms with Gasteiger partial charge in [0.2, 0.25) is 0 Å². The van der Waals surface area contributed by atoms with Crippen molar-refractivity contribution in [3.8, 4) is 6.07 Å². The third-order valence-electron chi connectivity index (χ3n) is 2.74. The van der Waals surface area contributed by atoms with Gasteiger partial charge < -0.3 is 9.80 Å². The largest absolute Gasteiger partial charge is 0.341 e. The number of anilines is 2. The lowest BCUT2D eigenvalue weighted by Gasteiger charge is -2.20. The van der Waals surface area contributed by atoms with Gasteiger partial charge in [0, 0.05) is 14.1 Å². The zero-order valence-corrected chi connectivity index (χ0v) is 8.65. The Morgan fingerprint density at radius 1 is 1.21 bits per heavy atom. The number of benzene rings is 1. The van der Waals surface area contributed by atoms with Crippen LogP contribution in [0.4, 0.5) is 11.4 Å². The molecule has 1 aliphatic rings. The van der Waals surface area contributed by atoms with Crippen molar-refractivity contribution in [3.05, 3.63) is 23.8 Å². The van der Waals surface area contributed by atoms with Crippen LogP contribution < -0.4 is 9.80 Å². The van der Waals surface area contributed by atoms with Crippen LogP contribution in [-0.4, -0.2) is 20.3 Å². The quantitative estimate of drug-likeness (QED) is 0.619. The Hall–Kier alpha value is -1.69. The Morgan fingerprint density at radius 3 is 2.50 bits per heavy atom. The number of aryl methyl sites for hydroxylation is 1. The maximum absolute atomic E-state index is 9.01. The summed E-state index contributed by atoms with van der Waals surface area (Å²) in [6, 6.07) is 8.54. The summed E-state index contributed by atoms with van der Waals surface area (Å²) < 4.78 is 0. The van der Waals surface area contributed by atoms with Gasteiger partial charge in [-0.05, 0) is 24.6 Å². The molecule has 0 aliphatic carbocycles. The first-order chi connectivity index (χ1) is 6.65. The summed E-state index contributed by atoms with van der Waals surface area (Å²) in [6.45, 7) is 2.06. The second kappa shape index (κ2) is 2.91. The van der Waals surface area contributed by atoms with E-state index in [4.69, 9.17) is 5.26 Å². The minimum atomic E-state index is -0.174. The van der Waals surface area contributed by atoms with Crippen molar-refractivity contribution in [3.63, 3.8) is 0 Å². The highest BCUT2D eigenvalue weighted by molar-refractivity contribution is 5.78. The number of rotatable bonds is 0. The summed E-state index contributed by atoms with van der Waals surface area (Å²) in [6.07, 6.45) is -0.174. The molecule has 3 nitrogen and oxygen atoms in total. The van der Waals surface area contributed by atoms with Crippen LogP contribution in [-0.2, 0) is 0 Å². The van der Waals surface area contributed by atoms with Gasteiger partial charge in [-0.3, -0.25) is 0 Å². The smallest absolute Gasteiger partial charge is 0.191 e. The normalized spacial score (nSPS) is 19.4. The highest BCUT2D eigenvalue weighted by Crippen LogP contribution is 2.37. The van der Waals surface area contributed by atoms with Gasteiger partial charge >= 0.3 is 0 Å². The van der Waals surface area contributed by atoms with E-state index in [0.29, 0.717) is 0 Å². The van der Waals surface area contributed by atoms with E-state index < -0.39 is 0 Å². The molecule has 1 aliphatic heterocycles. The molecular weight excluding hydrogens is 174 g/mol. The second-order valence-electron chi connectivity index (χ2n) is 3.72. The van der Waals surface area contributed by atoms with Crippen molar-refractivity contribution in [2.45, 2.75) is 13.1 Å². The Kier molecular flexibility index (Phi) is 1.85. The lowest BCUT2D eigenvalue weighted by molar-refractivity contribution is 0.786. The molecule has 0 saturated carbocycles. The molecule has 0 radical (unpaired) electrons. The van der Waals surface area contributed by atoms with E-state index in [1.165, 1.54) is 5.56 Å². The number of nitrogens with zero attached hydrogens (tertiary/aromatic N) is 3. The Morgan fingerprint density at radius 2 is 1.86 bits per heavy atom.